The third-order valence-electron chi connectivity index (χ3n) is 9.55. The Labute approximate surface area is 269 Å². The fraction of sp³-hybridized carbons (Fsp3) is 0.659. The molecule has 0 aliphatic rings. The van der Waals surface area contributed by atoms with Crippen LogP contribution in [-0.4, -0.2) is 14.9 Å². The van der Waals surface area contributed by atoms with Crippen LogP contribution in [0.5, 0.6) is 0 Å². The van der Waals surface area contributed by atoms with Gasteiger partial charge in [-0.15, -0.1) is 0 Å². The van der Waals surface area contributed by atoms with Gasteiger partial charge < -0.3 is 4.43 Å². The summed E-state index contributed by atoms with van der Waals surface area (Å²) in [6, 6.07) is 22.1. The summed E-state index contributed by atoms with van der Waals surface area (Å²) in [7, 11) is -2.44. The molecule has 0 heterocycles. The van der Waals surface area contributed by atoms with E-state index in [2.05, 4.69) is 128 Å². The van der Waals surface area contributed by atoms with Gasteiger partial charge in [0, 0.05) is 6.61 Å². The van der Waals surface area contributed by atoms with Crippen molar-refractivity contribution >= 4 is 18.7 Å². The van der Waals surface area contributed by atoms with Crippen LogP contribution in [0.1, 0.15) is 139 Å². The zero-order valence-electron chi connectivity index (χ0n) is 29.5. The van der Waals surface area contributed by atoms with Crippen molar-refractivity contribution in [1.29, 1.82) is 0 Å². The molecule has 43 heavy (non-hydrogen) atoms. The maximum absolute atomic E-state index is 7.18. The van der Waals surface area contributed by atoms with Gasteiger partial charge in [0.1, 0.15) is 0 Å². The predicted octanol–water partition coefficient (Wildman–Crippen LogP) is 11.8. The van der Waals surface area contributed by atoms with Crippen molar-refractivity contribution in [3.63, 3.8) is 0 Å². The topological polar surface area (TPSA) is 9.23 Å². The van der Waals surface area contributed by atoms with E-state index in [0.29, 0.717) is 11.8 Å². The minimum Gasteiger partial charge on any atom is -0.407 e. The predicted molar refractivity (Wildman–Crippen MR) is 195 cm³/mol. The van der Waals surface area contributed by atoms with Crippen molar-refractivity contribution in [2.24, 2.45) is 23.7 Å². The molecule has 0 aliphatic carbocycles. The van der Waals surface area contributed by atoms with Crippen molar-refractivity contribution in [3.05, 3.63) is 72.8 Å². The number of rotatable bonds is 22. The fourth-order valence-electron chi connectivity index (χ4n) is 6.71. The fourth-order valence-corrected chi connectivity index (χ4v) is 11.4. The van der Waals surface area contributed by atoms with E-state index in [4.69, 9.17) is 4.43 Å². The molecule has 0 unspecified atom stereocenters. The Morgan fingerprint density at radius 1 is 0.628 bits per heavy atom. The van der Waals surface area contributed by atoms with E-state index >= 15 is 0 Å². The molecule has 2 aromatic rings. The van der Waals surface area contributed by atoms with Crippen molar-refractivity contribution in [2.45, 2.75) is 144 Å². The molecule has 2 aromatic carbocycles. The summed E-state index contributed by atoms with van der Waals surface area (Å²) in [5, 5.41) is 2.80. The number of benzene rings is 2. The molecular weight excluding hydrogens is 537 g/mol. The van der Waals surface area contributed by atoms with Gasteiger partial charge in [-0.3, -0.25) is 0 Å². The Morgan fingerprint density at radius 2 is 1.14 bits per heavy atom. The van der Waals surface area contributed by atoms with Crippen LogP contribution in [0, 0.1) is 23.7 Å². The van der Waals surface area contributed by atoms with Crippen molar-refractivity contribution in [3.8, 4) is 0 Å². The maximum atomic E-state index is 7.18. The molecule has 0 fully saturated rings. The van der Waals surface area contributed by atoms with E-state index in [9.17, 15) is 0 Å². The van der Waals surface area contributed by atoms with Gasteiger partial charge in [0.2, 0.25) is 0 Å². The monoisotopic (exact) mass is 605 g/mol. The van der Waals surface area contributed by atoms with Gasteiger partial charge in [-0.1, -0.05) is 192 Å². The van der Waals surface area contributed by atoms with Crippen LogP contribution in [-0.2, 0) is 4.43 Å². The molecule has 2 rings (SSSR count). The first-order valence-electron chi connectivity index (χ1n) is 18.0. The molecule has 0 bridgehead atoms. The lowest BCUT2D eigenvalue weighted by Gasteiger charge is -2.43. The lowest BCUT2D eigenvalue weighted by molar-refractivity contribution is 0.233. The van der Waals surface area contributed by atoms with Crippen LogP contribution >= 0.6 is 0 Å². The lowest BCUT2D eigenvalue weighted by atomic mass is 9.93. The van der Waals surface area contributed by atoms with Crippen LogP contribution in [0.2, 0.25) is 5.04 Å². The van der Waals surface area contributed by atoms with E-state index in [0.717, 1.165) is 18.4 Å². The van der Waals surface area contributed by atoms with E-state index in [1.807, 2.05) is 0 Å². The molecule has 0 amide bonds. The van der Waals surface area contributed by atoms with E-state index in [1.54, 1.807) is 0 Å². The highest BCUT2D eigenvalue weighted by Gasteiger charge is 2.50. The van der Waals surface area contributed by atoms with Crippen LogP contribution in [0.3, 0.4) is 0 Å². The molecule has 0 aliphatic heterocycles. The molecule has 1 nitrogen and oxygen atoms in total. The Hall–Kier alpha value is -1.64. The normalized spacial score (nSPS) is 15.4. The molecular formula is C41H68OSi. The largest absolute Gasteiger partial charge is 0.407 e. The van der Waals surface area contributed by atoms with Gasteiger partial charge in [-0.05, 0) is 58.3 Å². The maximum Gasteiger partial charge on any atom is 0.261 e. The summed E-state index contributed by atoms with van der Waals surface area (Å²) in [4.78, 5) is 0. The highest BCUT2D eigenvalue weighted by atomic mass is 28.4. The molecule has 0 saturated heterocycles. The van der Waals surface area contributed by atoms with Crippen LogP contribution in [0.25, 0.3) is 0 Å². The Balaban J connectivity index is 1.74. The van der Waals surface area contributed by atoms with Crippen LogP contribution in [0.4, 0.5) is 0 Å². The average Bonchev–Trinajstić information content (AvgIpc) is 2.98. The summed E-state index contributed by atoms with van der Waals surface area (Å²) < 4.78 is 7.18. The Morgan fingerprint density at radius 3 is 1.72 bits per heavy atom. The van der Waals surface area contributed by atoms with E-state index in [1.165, 1.54) is 93.8 Å². The molecule has 0 radical (unpaired) electrons. The number of unbranched alkanes of at least 4 members (excludes halogenated alkanes) is 4. The second-order valence-corrected chi connectivity index (χ2v) is 19.3. The summed E-state index contributed by atoms with van der Waals surface area (Å²) >= 11 is 0. The minimum absolute atomic E-state index is 0.0412. The van der Waals surface area contributed by atoms with Gasteiger partial charge in [-0.25, -0.2) is 0 Å². The third-order valence-corrected chi connectivity index (χ3v) is 14.6. The zero-order valence-corrected chi connectivity index (χ0v) is 30.5. The smallest absolute Gasteiger partial charge is 0.261 e. The second kappa shape index (κ2) is 20.4. The van der Waals surface area contributed by atoms with Crippen LogP contribution < -0.4 is 10.4 Å². The average molecular weight is 605 g/mol. The molecule has 0 saturated carbocycles. The summed E-state index contributed by atoms with van der Waals surface area (Å²) in [6.07, 6.45) is 22.6. The highest BCUT2D eigenvalue weighted by molar-refractivity contribution is 6.99. The number of allylic oxidation sites excluding steroid dienone is 2. The Kier molecular flexibility index (Phi) is 17.8. The minimum atomic E-state index is -2.44. The quantitative estimate of drug-likeness (QED) is 0.0738. The van der Waals surface area contributed by atoms with E-state index in [-0.39, 0.29) is 5.04 Å². The lowest BCUT2D eigenvalue weighted by Crippen LogP contribution is -2.66. The number of hydrogen-bond donors (Lipinski definition) is 0. The standard InChI is InChI=1S/C41H68OSi/c1-9-10-11-12-15-23-35(2)24-20-25-36(3)26-21-27-37(4)28-22-29-38(5)34-42-43(41(6,7)8,39-30-16-13-17-31-39)40-32-18-14-19-33-40/h13-14,16-19,21,26,30-33,35-38H,9-12,15,20,22-25,27-29,34H2,1-8H3/b26-21+/t35-,36-,37-,38-/m0/s1. The van der Waals surface area contributed by atoms with Crippen molar-refractivity contribution in [1.82, 2.24) is 0 Å². The van der Waals surface area contributed by atoms with Gasteiger partial charge in [0.25, 0.3) is 8.32 Å². The first-order valence-corrected chi connectivity index (χ1v) is 19.9. The second-order valence-electron chi connectivity index (χ2n) is 15.0. The van der Waals surface area contributed by atoms with Gasteiger partial charge in [-0.2, -0.15) is 0 Å². The van der Waals surface area contributed by atoms with E-state index < -0.39 is 8.32 Å². The molecule has 2 heteroatoms. The highest BCUT2D eigenvalue weighted by Crippen LogP contribution is 2.37. The van der Waals surface area contributed by atoms with Gasteiger partial charge >= 0.3 is 0 Å². The summed E-state index contributed by atoms with van der Waals surface area (Å²) in [5.41, 5.74) is 0. The Bertz CT molecular complexity index is 936. The van der Waals surface area contributed by atoms with Gasteiger partial charge in [0.15, 0.2) is 0 Å². The first kappa shape index (κ1) is 37.5. The zero-order chi connectivity index (χ0) is 31.6. The molecule has 4 atom stereocenters. The SMILES string of the molecule is CCCCCCC[C@H](C)CCC[C@H](C)/C=C/C[C@H](C)CCC[C@H](C)CO[Si](c1ccccc1)(c1ccccc1)C(C)(C)C. The van der Waals surface area contributed by atoms with Crippen molar-refractivity contribution in [2.75, 3.05) is 6.61 Å². The molecule has 242 valence electrons. The summed E-state index contributed by atoms with van der Waals surface area (Å²) in [5.74, 6) is 2.92. The number of hydrogen-bond acceptors (Lipinski definition) is 1. The molecule has 0 N–H and O–H groups in total. The van der Waals surface area contributed by atoms with Gasteiger partial charge in [0.05, 0.1) is 0 Å². The first-order chi connectivity index (χ1) is 20.6. The third kappa shape index (κ3) is 13.5. The summed E-state index contributed by atoms with van der Waals surface area (Å²) in [6.45, 7) is 19.9. The van der Waals surface area contributed by atoms with Crippen LogP contribution in [0.15, 0.2) is 72.8 Å². The molecule has 0 aromatic heterocycles. The van der Waals surface area contributed by atoms with Crippen molar-refractivity contribution < 1.29 is 4.43 Å². The molecule has 0 spiro atoms.